The van der Waals surface area contributed by atoms with Crippen LogP contribution < -0.4 is 10.5 Å². The maximum Gasteiger partial charge on any atom is 0.238 e. The van der Waals surface area contributed by atoms with Crippen molar-refractivity contribution in [1.29, 1.82) is 0 Å². The summed E-state index contributed by atoms with van der Waals surface area (Å²) in [6.07, 6.45) is 0. The first-order valence-corrected chi connectivity index (χ1v) is 6.99. The molecule has 2 N–H and O–H groups in total. The van der Waals surface area contributed by atoms with Crippen LogP contribution in [0.1, 0.15) is 20.8 Å². The van der Waals surface area contributed by atoms with E-state index in [1.54, 1.807) is 11.8 Å². The molecule has 0 aromatic carbocycles. The van der Waals surface area contributed by atoms with Crippen molar-refractivity contribution in [3.63, 3.8) is 0 Å². The van der Waals surface area contributed by atoms with Gasteiger partial charge in [0.25, 0.3) is 0 Å². The van der Waals surface area contributed by atoms with Crippen molar-refractivity contribution in [2.45, 2.75) is 31.4 Å². The predicted molar refractivity (Wildman–Crippen MR) is 78.3 cm³/mol. The second-order valence-corrected chi connectivity index (χ2v) is 6.53. The molecular weight excluding hydrogens is 246 g/mol. The van der Waals surface area contributed by atoms with Crippen molar-refractivity contribution in [3.8, 4) is 5.88 Å². The lowest BCUT2D eigenvalue weighted by Gasteiger charge is -2.21. The van der Waals surface area contributed by atoms with Crippen LogP contribution in [0.25, 0.3) is 0 Å². The molecule has 5 heteroatoms. The summed E-state index contributed by atoms with van der Waals surface area (Å²) < 4.78 is 5.74. The van der Waals surface area contributed by atoms with Gasteiger partial charge in [0.1, 0.15) is 10.6 Å². The highest BCUT2D eigenvalue weighted by atomic mass is 32.2. The first-order chi connectivity index (χ1) is 8.28. The number of pyridine rings is 1. The lowest BCUT2D eigenvalue weighted by atomic mass is 10.2. The summed E-state index contributed by atoms with van der Waals surface area (Å²) >= 11 is 1.71. The molecule has 0 aliphatic carbocycles. The molecule has 0 atom stereocenters. The van der Waals surface area contributed by atoms with Crippen molar-refractivity contribution >= 4 is 17.4 Å². The van der Waals surface area contributed by atoms with Gasteiger partial charge in [-0.2, -0.15) is 0 Å². The van der Waals surface area contributed by atoms with Gasteiger partial charge in [-0.05, 0) is 47.0 Å². The highest BCUT2D eigenvalue weighted by Gasteiger charge is 2.15. The van der Waals surface area contributed by atoms with Crippen molar-refractivity contribution in [2.75, 3.05) is 32.1 Å². The molecule has 0 aliphatic rings. The van der Waals surface area contributed by atoms with Gasteiger partial charge in [-0.15, -0.1) is 11.8 Å². The average molecular weight is 269 g/mol. The zero-order valence-corrected chi connectivity index (χ0v) is 12.7. The van der Waals surface area contributed by atoms with E-state index in [2.05, 4.69) is 24.0 Å². The number of thioether (sulfide) groups is 1. The molecule has 1 rings (SSSR count). The Labute approximate surface area is 114 Å². The van der Waals surface area contributed by atoms with Crippen LogP contribution in [-0.2, 0) is 0 Å². The number of nitrogens with two attached hydrogens (primary N) is 1. The first kappa shape index (κ1) is 15.1. The Bertz CT molecular complexity index is 388. The molecule has 0 unspecified atom stereocenters. The first-order valence-electron chi connectivity index (χ1n) is 6.01. The number of nitrogens with zero attached hydrogens (tertiary/aromatic N) is 2. The highest BCUT2D eigenvalue weighted by Crippen LogP contribution is 2.26. The highest BCUT2D eigenvalue weighted by molar-refractivity contribution is 7.99. The third-order valence-electron chi connectivity index (χ3n) is 2.06. The molecule has 18 heavy (non-hydrogen) atoms. The Morgan fingerprint density at radius 2 is 2.00 bits per heavy atom. The van der Waals surface area contributed by atoms with Crippen LogP contribution in [0.4, 0.5) is 5.69 Å². The minimum atomic E-state index is -0.284. The van der Waals surface area contributed by atoms with Crippen molar-refractivity contribution in [1.82, 2.24) is 9.88 Å². The Morgan fingerprint density at radius 1 is 1.33 bits per heavy atom. The molecule has 0 aliphatic heterocycles. The fourth-order valence-corrected chi connectivity index (χ4v) is 2.20. The SMILES string of the molecule is CN(C)CCSc1ccc(N)c(OC(C)(C)C)n1. The van der Waals surface area contributed by atoms with Gasteiger partial charge in [0, 0.05) is 12.3 Å². The standard InChI is InChI=1S/C13H23N3OS/c1-13(2,3)17-12-10(14)6-7-11(15-12)18-9-8-16(4)5/h6-7H,8-9,14H2,1-5H3. The molecule has 0 saturated heterocycles. The number of ether oxygens (including phenoxy) is 1. The third-order valence-corrected chi connectivity index (χ3v) is 2.97. The lowest BCUT2D eigenvalue weighted by Crippen LogP contribution is -2.24. The molecule has 1 aromatic rings. The van der Waals surface area contributed by atoms with E-state index in [0.29, 0.717) is 11.6 Å². The minimum absolute atomic E-state index is 0.284. The Kier molecular flexibility index (Phi) is 5.28. The number of rotatable bonds is 5. The molecular formula is C13H23N3OS. The Morgan fingerprint density at radius 3 is 2.56 bits per heavy atom. The molecule has 0 radical (unpaired) electrons. The summed E-state index contributed by atoms with van der Waals surface area (Å²) in [5.41, 5.74) is 6.17. The van der Waals surface area contributed by atoms with E-state index in [9.17, 15) is 0 Å². The quantitative estimate of drug-likeness (QED) is 0.832. The molecule has 0 bridgehead atoms. The van der Waals surface area contributed by atoms with Gasteiger partial charge in [0.2, 0.25) is 5.88 Å². The van der Waals surface area contributed by atoms with Gasteiger partial charge < -0.3 is 15.4 Å². The molecule has 1 heterocycles. The third kappa shape index (κ3) is 5.60. The molecule has 0 fully saturated rings. The zero-order chi connectivity index (χ0) is 13.8. The fraction of sp³-hybridized carbons (Fsp3) is 0.615. The zero-order valence-electron chi connectivity index (χ0n) is 11.9. The van der Waals surface area contributed by atoms with Crippen LogP contribution in [0.5, 0.6) is 5.88 Å². The molecule has 102 valence electrons. The van der Waals surface area contributed by atoms with E-state index >= 15 is 0 Å². The van der Waals surface area contributed by atoms with E-state index < -0.39 is 0 Å². The maximum absolute atomic E-state index is 5.87. The number of anilines is 1. The normalized spacial score (nSPS) is 11.9. The van der Waals surface area contributed by atoms with Crippen LogP contribution in [0.2, 0.25) is 0 Å². The lowest BCUT2D eigenvalue weighted by molar-refractivity contribution is 0.124. The summed E-state index contributed by atoms with van der Waals surface area (Å²) in [4.78, 5) is 6.60. The van der Waals surface area contributed by atoms with Crippen molar-refractivity contribution < 1.29 is 4.74 Å². The van der Waals surface area contributed by atoms with Crippen LogP contribution in [0.15, 0.2) is 17.2 Å². The monoisotopic (exact) mass is 269 g/mol. The van der Waals surface area contributed by atoms with Gasteiger partial charge in [-0.1, -0.05) is 0 Å². The van der Waals surface area contributed by atoms with Crippen LogP contribution in [0.3, 0.4) is 0 Å². The van der Waals surface area contributed by atoms with E-state index in [1.807, 2.05) is 32.9 Å². The van der Waals surface area contributed by atoms with E-state index in [4.69, 9.17) is 10.5 Å². The number of hydrogen-bond donors (Lipinski definition) is 1. The molecule has 4 nitrogen and oxygen atoms in total. The number of aromatic nitrogens is 1. The number of nitrogen functional groups attached to an aromatic ring is 1. The summed E-state index contributed by atoms with van der Waals surface area (Å²) in [5.74, 6) is 1.52. The summed E-state index contributed by atoms with van der Waals surface area (Å²) in [7, 11) is 4.12. The van der Waals surface area contributed by atoms with Crippen molar-refractivity contribution in [3.05, 3.63) is 12.1 Å². The smallest absolute Gasteiger partial charge is 0.238 e. The molecule has 0 saturated carbocycles. The summed E-state index contributed by atoms with van der Waals surface area (Å²) in [6.45, 7) is 6.98. The molecule has 0 amide bonds. The van der Waals surface area contributed by atoms with Gasteiger partial charge in [-0.25, -0.2) is 4.98 Å². The van der Waals surface area contributed by atoms with E-state index in [1.165, 1.54) is 0 Å². The van der Waals surface area contributed by atoms with Crippen LogP contribution in [-0.4, -0.2) is 41.9 Å². The van der Waals surface area contributed by atoms with Crippen LogP contribution in [0, 0.1) is 0 Å². The average Bonchev–Trinajstić information content (AvgIpc) is 2.20. The molecule has 1 aromatic heterocycles. The summed E-state index contributed by atoms with van der Waals surface area (Å²) in [5, 5.41) is 0.949. The second-order valence-electron chi connectivity index (χ2n) is 5.41. The number of hydrogen-bond acceptors (Lipinski definition) is 5. The van der Waals surface area contributed by atoms with Gasteiger partial charge in [-0.3, -0.25) is 0 Å². The predicted octanol–water partition coefficient (Wildman–Crippen LogP) is 2.49. The van der Waals surface area contributed by atoms with Crippen LogP contribution >= 0.6 is 11.8 Å². The van der Waals surface area contributed by atoms with Gasteiger partial charge in [0.15, 0.2) is 0 Å². The molecule has 0 spiro atoms. The fourth-order valence-electron chi connectivity index (χ4n) is 1.22. The second kappa shape index (κ2) is 6.29. The maximum atomic E-state index is 5.87. The van der Waals surface area contributed by atoms with E-state index in [0.717, 1.165) is 17.3 Å². The van der Waals surface area contributed by atoms with Crippen molar-refractivity contribution in [2.24, 2.45) is 0 Å². The minimum Gasteiger partial charge on any atom is -0.470 e. The largest absolute Gasteiger partial charge is 0.470 e. The van der Waals surface area contributed by atoms with Gasteiger partial charge in [0.05, 0.1) is 5.69 Å². The van der Waals surface area contributed by atoms with Gasteiger partial charge >= 0.3 is 0 Å². The Hall–Kier alpha value is -0.940. The Balaban J connectivity index is 2.68. The van der Waals surface area contributed by atoms with E-state index in [-0.39, 0.29) is 5.60 Å². The topological polar surface area (TPSA) is 51.4 Å². The summed E-state index contributed by atoms with van der Waals surface area (Å²) in [6, 6.07) is 3.79.